The molecule has 0 aliphatic heterocycles. The SMILES string of the molecule is C#C[C@@](C)(CCc1ccsc1)C1CCCCC1. The third-order valence-corrected chi connectivity index (χ3v) is 5.08. The van der Waals surface area contributed by atoms with Gasteiger partial charge in [-0.1, -0.05) is 25.2 Å². The third-order valence-electron chi connectivity index (χ3n) is 4.35. The molecular formula is C16H22S. The van der Waals surface area contributed by atoms with Gasteiger partial charge in [0.1, 0.15) is 0 Å². The van der Waals surface area contributed by atoms with E-state index in [1.54, 1.807) is 11.3 Å². The molecule has 0 bridgehead atoms. The first-order chi connectivity index (χ1) is 8.24. The molecule has 1 aromatic rings. The van der Waals surface area contributed by atoms with Gasteiger partial charge in [-0.25, -0.2) is 0 Å². The molecule has 0 spiro atoms. The second-order valence-electron chi connectivity index (χ2n) is 5.53. The number of hydrogen-bond acceptors (Lipinski definition) is 1. The summed E-state index contributed by atoms with van der Waals surface area (Å²) in [5, 5.41) is 4.40. The summed E-state index contributed by atoms with van der Waals surface area (Å²) in [7, 11) is 0. The van der Waals surface area contributed by atoms with Crippen LogP contribution in [0.4, 0.5) is 0 Å². The molecule has 1 aliphatic rings. The highest BCUT2D eigenvalue weighted by molar-refractivity contribution is 7.07. The lowest BCUT2D eigenvalue weighted by Gasteiger charge is -2.36. The smallest absolute Gasteiger partial charge is 0.0315 e. The van der Waals surface area contributed by atoms with E-state index in [0.717, 1.165) is 18.8 Å². The van der Waals surface area contributed by atoms with Crippen molar-refractivity contribution in [3.63, 3.8) is 0 Å². The zero-order valence-corrected chi connectivity index (χ0v) is 11.6. The molecule has 92 valence electrons. The molecule has 0 radical (unpaired) electrons. The van der Waals surface area contributed by atoms with Gasteiger partial charge in [0.05, 0.1) is 0 Å². The Morgan fingerprint density at radius 2 is 2.18 bits per heavy atom. The normalized spacial score (nSPS) is 20.7. The summed E-state index contributed by atoms with van der Waals surface area (Å²) < 4.78 is 0. The van der Waals surface area contributed by atoms with Crippen molar-refractivity contribution >= 4 is 11.3 Å². The van der Waals surface area contributed by atoms with Gasteiger partial charge in [-0.15, -0.1) is 6.42 Å². The lowest BCUT2D eigenvalue weighted by molar-refractivity contribution is 0.188. The molecule has 0 aromatic carbocycles. The van der Waals surface area contributed by atoms with E-state index in [1.165, 1.54) is 37.7 Å². The van der Waals surface area contributed by atoms with Gasteiger partial charge >= 0.3 is 0 Å². The van der Waals surface area contributed by atoms with Gasteiger partial charge in [-0.3, -0.25) is 0 Å². The molecule has 1 atom stereocenters. The Bertz CT molecular complexity index is 365. The van der Waals surface area contributed by atoms with E-state index in [2.05, 4.69) is 29.7 Å². The van der Waals surface area contributed by atoms with Crippen LogP contribution in [0.2, 0.25) is 0 Å². The second-order valence-corrected chi connectivity index (χ2v) is 6.31. The van der Waals surface area contributed by atoms with Gasteiger partial charge in [0.15, 0.2) is 0 Å². The van der Waals surface area contributed by atoms with Crippen molar-refractivity contribution in [3.8, 4) is 12.3 Å². The summed E-state index contributed by atoms with van der Waals surface area (Å²) >= 11 is 1.78. The van der Waals surface area contributed by atoms with Crippen molar-refractivity contribution < 1.29 is 0 Å². The molecule has 1 heterocycles. The zero-order chi connectivity index (χ0) is 12.1. The van der Waals surface area contributed by atoms with Crippen LogP contribution in [-0.4, -0.2) is 0 Å². The Morgan fingerprint density at radius 3 is 2.76 bits per heavy atom. The molecular weight excluding hydrogens is 224 g/mol. The van der Waals surface area contributed by atoms with E-state index in [0.29, 0.717) is 0 Å². The fourth-order valence-electron chi connectivity index (χ4n) is 2.97. The van der Waals surface area contributed by atoms with E-state index in [9.17, 15) is 0 Å². The molecule has 1 aromatic heterocycles. The minimum atomic E-state index is 0.113. The molecule has 1 heteroatoms. The maximum atomic E-state index is 5.83. The number of terminal acetylenes is 1. The summed E-state index contributed by atoms with van der Waals surface area (Å²) in [5.74, 6) is 3.86. The number of hydrogen-bond donors (Lipinski definition) is 0. The second kappa shape index (κ2) is 5.74. The average molecular weight is 246 g/mol. The van der Waals surface area contributed by atoms with Crippen LogP contribution in [0.25, 0.3) is 0 Å². The van der Waals surface area contributed by atoms with Gasteiger partial charge in [-0.2, -0.15) is 11.3 Å². The van der Waals surface area contributed by atoms with Crippen molar-refractivity contribution in [3.05, 3.63) is 22.4 Å². The molecule has 0 unspecified atom stereocenters. The van der Waals surface area contributed by atoms with Crippen LogP contribution in [0, 0.1) is 23.7 Å². The van der Waals surface area contributed by atoms with Crippen LogP contribution < -0.4 is 0 Å². The van der Waals surface area contributed by atoms with Crippen LogP contribution in [0.5, 0.6) is 0 Å². The molecule has 0 amide bonds. The summed E-state index contributed by atoms with van der Waals surface area (Å²) in [6.07, 6.45) is 14.9. The molecule has 0 N–H and O–H groups in total. The van der Waals surface area contributed by atoms with Crippen molar-refractivity contribution in [2.75, 3.05) is 0 Å². The van der Waals surface area contributed by atoms with E-state index < -0.39 is 0 Å². The molecule has 17 heavy (non-hydrogen) atoms. The van der Waals surface area contributed by atoms with E-state index >= 15 is 0 Å². The monoisotopic (exact) mass is 246 g/mol. The van der Waals surface area contributed by atoms with Gasteiger partial charge in [0.2, 0.25) is 0 Å². The van der Waals surface area contributed by atoms with Gasteiger partial charge < -0.3 is 0 Å². The van der Waals surface area contributed by atoms with Crippen molar-refractivity contribution in [1.29, 1.82) is 0 Å². The van der Waals surface area contributed by atoms with Gasteiger partial charge in [-0.05, 0) is 60.9 Å². The van der Waals surface area contributed by atoms with E-state index in [1.807, 2.05) is 0 Å². The van der Waals surface area contributed by atoms with Crippen molar-refractivity contribution in [2.45, 2.75) is 51.9 Å². The standard InChI is InChI=1S/C16H22S/c1-3-16(2,15-7-5-4-6-8-15)11-9-14-10-12-17-13-14/h1,10,12-13,15H,4-9,11H2,2H3/t16-/m0/s1. The Kier molecular flexibility index (Phi) is 4.29. The van der Waals surface area contributed by atoms with Crippen LogP contribution in [0.15, 0.2) is 16.8 Å². The van der Waals surface area contributed by atoms with E-state index in [-0.39, 0.29) is 5.41 Å². The summed E-state index contributed by atoms with van der Waals surface area (Å²) in [4.78, 5) is 0. The minimum absolute atomic E-state index is 0.113. The van der Waals surface area contributed by atoms with Crippen molar-refractivity contribution in [1.82, 2.24) is 0 Å². The predicted octanol–water partition coefficient (Wildman–Crippen LogP) is 4.90. The summed E-state index contributed by atoms with van der Waals surface area (Å²) in [5.41, 5.74) is 1.56. The Hall–Kier alpha value is -0.740. The fourth-order valence-corrected chi connectivity index (χ4v) is 3.68. The van der Waals surface area contributed by atoms with Crippen LogP contribution in [0.1, 0.15) is 51.0 Å². The summed E-state index contributed by atoms with van der Waals surface area (Å²) in [6.45, 7) is 2.30. The number of aryl methyl sites for hydroxylation is 1. The predicted molar refractivity (Wildman–Crippen MR) is 76.2 cm³/mol. The zero-order valence-electron chi connectivity index (χ0n) is 10.7. The maximum Gasteiger partial charge on any atom is 0.0315 e. The van der Waals surface area contributed by atoms with Crippen LogP contribution >= 0.6 is 11.3 Å². The molecule has 1 fully saturated rings. The highest BCUT2D eigenvalue weighted by Crippen LogP contribution is 2.41. The molecule has 1 aliphatic carbocycles. The molecule has 1 saturated carbocycles. The maximum absolute atomic E-state index is 5.83. The van der Waals surface area contributed by atoms with Crippen LogP contribution in [-0.2, 0) is 6.42 Å². The van der Waals surface area contributed by atoms with Crippen LogP contribution in [0.3, 0.4) is 0 Å². The lowest BCUT2D eigenvalue weighted by atomic mass is 9.68. The fraction of sp³-hybridized carbons (Fsp3) is 0.625. The third kappa shape index (κ3) is 3.13. The largest absolute Gasteiger partial charge is 0.152 e. The molecule has 0 nitrogen and oxygen atoms in total. The Labute approximate surface area is 109 Å². The highest BCUT2D eigenvalue weighted by atomic mass is 32.1. The molecule has 0 saturated heterocycles. The minimum Gasteiger partial charge on any atom is -0.152 e. The lowest BCUT2D eigenvalue weighted by Crippen LogP contribution is -2.28. The average Bonchev–Trinajstić information content (AvgIpc) is 2.90. The first kappa shape index (κ1) is 12.7. The summed E-state index contributed by atoms with van der Waals surface area (Å²) in [6, 6.07) is 2.22. The van der Waals surface area contributed by atoms with Gasteiger partial charge in [0.25, 0.3) is 0 Å². The van der Waals surface area contributed by atoms with Gasteiger partial charge in [0, 0.05) is 5.41 Å². The van der Waals surface area contributed by atoms with E-state index in [4.69, 9.17) is 6.42 Å². The first-order valence-corrected chi connectivity index (χ1v) is 7.68. The highest BCUT2D eigenvalue weighted by Gasteiger charge is 2.32. The van der Waals surface area contributed by atoms with Crippen molar-refractivity contribution in [2.24, 2.45) is 11.3 Å². The Balaban J connectivity index is 1.96. The topological polar surface area (TPSA) is 0 Å². The number of thiophene rings is 1. The molecule has 2 rings (SSSR count). The Morgan fingerprint density at radius 1 is 1.41 bits per heavy atom. The quantitative estimate of drug-likeness (QED) is 0.663. The number of rotatable bonds is 4. The first-order valence-electron chi connectivity index (χ1n) is 6.73.